The molecule has 1 aliphatic carbocycles. The van der Waals surface area contributed by atoms with E-state index in [-0.39, 0.29) is 36.0 Å². The highest BCUT2D eigenvalue weighted by molar-refractivity contribution is 7.18. The van der Waals surface area contributed by atoms with Crippen LogP contribution in [-0.2, 0) is 13.1 Å². The summed E-state index contributed by atoms with van der Waals surface area (Å²) < 4.78 is 40.6. The third-order valence-electron chi connectivity index (χ3n) is 5.29. The highest BCUT2D eigenvalue weighted by Crippen LogP contribution is 2.41. The molecule has 0 radical (unpaired) electrons. The minimum Gasteiger partial charge on any atom is -0.284 e. The van der Waals surface area contributed by atoms with Crippen molar-refractivity contribution in [3.05, 3.63) is 31.3 Å². The lowest BCUT2D eigenvalue weighted by atomic mass is 10.1. The van der Waals surface area contributed by atoms with E-state index in [4.69, 9.17) is 0 Å². The van der Waals surface area contributed by atoms with E-state index in [9.17, 15) is 22.8 Å². The normalized spacial score (nSPS) is 19.6. The number of thiophene rings is 1. The zero-order chi connectivity index (χ0) is 22.4. The van der Waals surface area contributed by atoms with Crippen LogP contribution in [0.5, 0.6) is 0 Å². The summed E-state index contributed by atoms with van der Waals surface area (Å²) in [4.78, 5) is 27.6. The molecule has 0 bridgehead atoms. The fourth-order valence-corrected chi connectivity index (χ4v) is 4.81. The van der Waals surface area contributed by atoms with Gasteiger partial charge in [0.25, 0.3) is 5.56 Å². The molecule has 6 nitrogen and oxygen atoms in total. The Labute approximate surface area is 177 Å². The van der Waals surface area contributed by atoms with Crippen molar-refractivity contribution in [2.75, 3.05) is 0 Å². The first-order valence-electron chi connectivity index (χ1n) is 10.1. The van der Waals surface area contributed by atoms with Crippen molar-refractivity contribution in [1.29, 1.82) is 0 Å². The van der Waals surface area contributed by atoms with Gasteiger partial charge in [-0.15, -0.1) is 11.3 Å². The van der Waals surface area contributed by atoms with Crippen LogP contribution in [0.1, 0.15) is 63.4 Å². The van der Waals surface area contributed by atoms with Gasteiger partial charge in [0.2, 0.25) is 0 Å². The van der Waals surface area contributed by atoms with Crippen LogP contribution in [0.4, 0.5) is 13.2 Å². The average Bonchev–Trinajstić information content (AvgIpc) is 3.20. The Balaban J connectivity index is 2.04. The fourth-order valence-electron chi connectivity index (χ4n) is 3.56. The summed E-state index contributed by atoms with van der Waals surface area (Å²) >= 11 is 1.29. The van der Waals surface area contributed by atoms with Crippen LogP contribution >= 0.6 is 11.3 Å². The van der Waals surface area contributed by atoms with Gasteiger partial charge in [-0.25, -0.2) is 4.79 Å². The molecule has 168 valence electrons. The van der Waals surface area contributed by atoms with Crippen molar-refractivity contribution in [2.45, 2.75) is 84.7 Å². The molecule has 2 aromatic rings. The average molecular weight is 447 g/mol. The van der Waals surface area contributed by atoms with Crippen molar-refractivity contribution >= 4 is 21.6 Å². The van der Waals surface area contributed by atoms with E-state index in [0.29, 0.717) is 16.8 Å². The fraction of sp³-hybridized carbons (Fsp3) is 0.700. The molecule has 2 N–H and O–H groups in total. The number of hydrogen-bond donors (Lipinski definition) is 2. The molecule has 0 aromatic carbocycles. The van der Waals surface area contributed by atoms with Gasteiger partial charge in [0.05, 0.1) is 5.39 Å². The molecule has 30 heavy (non-hydrogen) atoms. The third kappa shape index (κ3) is 4.97. The summed E-state index contributed by atoms with van der Waals surface area (Å²) in [5.41, 5.74) is 6.07. The summed E-state index contributed by atoms with van der Waals surface area (Å²) in [5, 5.41) is 0.443. The topological polar surface area (TPSA) is 68.1 Å². The molecule has 3 rings (SSSR count). The molecule has 10 heteroatoms. The number of hydrazine groups is 1. The van der Waals surface area contributed by atoms with E-state index >= 15 is 0 Å². The molecule has 1 saturated carbocycles. The molecule has 2 atom stereocenters. The highest BCUT2D eigenvalue weighted by Gasteiger charge is 2.38. The minimum absolute atomic E-state index is 0.0662. The Bertz CT molecular complexity index is 1050. The van der Waals surface area contributed by atoms with Crippen LogP contribution in [0.2, 0.25) is 0 Å². The number of alkyl halides is 3. The highest BCUT2D eigenvalue weighted by atomic mass is 32.1. The van der Waals surface area contributed by atoms with Gasteiger partial charge in [0.15, 0.2) is 0 Å². The molecule has 1 fully saturated rings. The quantitative estimate of drug-likeness (QED) is 0.634. The number of hydrogen-bond acceptors (Lipinski definition) is 5. The Kier molecular flexibility index (Phi) is 6.23. The first kappa shape index (κ1) is 23.0. The summed E-state index contributed by atoms with van der Waals surface area (Å²) in [6.07, 6.45) is -4.71. The lowest BCUT2D eigenvalue weighted by Crippen LogP contribution is -2.45. The number of halogens is 3. The number of nitrogens with zero attached hydrogens (tertiary/aromatic N) is 2. The monoisotopic (exact) mass is 446 g/mol. The van der Waals surface area contributed by atoms with Crippen molar-refractivity contribution in [2.24, 2.45) is 5.92 Å². The van der Waals surface area contributed by atoms with Crippen LogP contribution in [0.25, 0.3) is 10.2 Å². The first-order valence-corrected chi connectivity index (χ1v) is 11.0. The van der Waals surface area contributed by atoms with Crippen molar-refractivity contribution in [1.82, 2.24) is 20.0 Å². The Morgan fingerprint density at radius 3 is 2.37 bits per heavy atom. The molecule has 0 amide bonds. The summed E-state index contributed by atoms with van der Waals surface area (Å²) in [5.74, 6) is 0.215. The molecule has 0 unspecified atom stereocenters. The van der Waals surface area contributed by atoms with Crippen LogP contribution in [-0.4, -0.2) is 20.8 Å². The summed E-state index contributed by atoms with van der Waals surface area (Å²) in [6, 6.07) is -0.174. The van der Waals surface area contributed by atoms with Gasteiger partial charge in [0.1, 0.15) is 4.83 Å². The van der Waals surface area contributed by atoms with Crippen LogP contribution in [0, 0.1) is 12.8 Å². The Morgan fingerprint density at radius 2 is 1.83 bits per heavy atom. The van der Waals surface area contributed by atoms with E-state index < -0.39 is 18.3 Å². The van der Waals surface area contributed by atoms with Gasteiger partial charge in [-0.3, -0.25) is 24.8 Å². The predicted octanol–water partition coefficient (Wildman–Crippen LogP) is 3.85. The molecular formula is C20H29F3N4O2S. The van der Waals surface area contributed by atoms with E-state index in [1.54, 1.807) is 0 Å². The number of nitrogens with one attached hydrogen (secondary N) is 2. The lowest BCUT2D eigenvalue weighted by molar-refractivity contribution is -0.135. The zero-order valence-corrected chi connectivity index (χ0v) is 18.8. The Hall–Kier alpha value is -1.65. The Morgan fingerprint density at radius 1 is 1.20 bits per heavy atom. The van der Waals surface area contributed by atoms with Crippen LogP contribution in [0.15, 0.2) is 9.59 Å². The first-order chi connectivity index (χ1) is 13.8. The van der Waals surface area contributed by atoms with Crippen molar-refractivity contribution in [3.8, 4) is 0 Å². The maximum Gasteiger partial charge on any atom is 0.389 e. The number of aromatic nitrogens is 2. The third-order valence-corrected chi connectivity index (χ3v) is 6.61. The molecule has 0 spiro atoms. The maximum absolute atomic E-state index is 13.2. The predicted molar refractivity (Wildman–Crippen MR) is 113 cm³/mol. The number of rotatable bonds is 7. The smallest absolute Gasteiger partial charge is 0.284 e. The van der Waals surface area contributed by atoms with Gasteiger partial charge < -0.3 is 0 Å². The maximum atomic E-state index is 13.2. The number of aryl methyl sites for hydroxylation is 2. The van der Waals surface area contributed by atoms with Gasteiger partial charge in [0, 0.05) is 36.0 Å². The minimum atomic E-state index is -4.28. The number of fused-ring (bicyclic) bond motifs is 1. The van der Waals surface area contributed by atoms with Crippen LogP contribution in [0.3, 0.4) is 0 Å². The van der Waals surface area contributed by atoms with E-state index in [0.717, 1.165) is 16.9 Å². The van der Waals surface area contributed by atoms with Crippen molar-refractivity contribution in [3.63, 3.8) is 0 Å². The van der Waals surface area contributed by atoms with Crippen molar-refractivity contribution < 1.29 is 13.2 Å². The summed E-state index contributed by atoms with van der Waals surface area (Å²) in [7, 11) is 0. The molecule has 0 aliphatic heterocycles. The van der Waals surface area contributed by atoms with E-state index in [2.05, 4.69) is 10.9 Å². The van der Waals surface area contributed by atoms with E-state index in [1.807, 2.05) is 34.6 Å². The van der Waals surface area contributed by atoms with Gasteiger partial charge in [-0.05, 0) is 52.0 Å². The molecule has 0 saturated heterocycles. The standard InChI is InChI=1S/C20H29F3N4O2S/c1-11-9-13(11)27-16(28)15-12(2)14(10-24-25-19(3,4)5)30-17(15)26(18(27)29)8-6-7-20(21,22)23/h11,13,24-25H,6-10H2,1-5H3/t11-,13-/m0/s1. The van der Waals surface area contributed by atoms with Gasteiger partial charge in [-0.1, -0.05) is 6.92 Å². The molecular weight excluding hydrogens is 417 g/mol. The summed E-state index contributed by atoms with van der Waals surface area (Å²) in [6.45, 7) is 10.2. The van der Waals surface area contributed by atoms with Crippen LogP contribution < -0.4 is 22.1 Å². The molecule has 1 aliphatic rings. The SMILES string of the molecule is Cc1c(CNNC(C)(C)C)sc2c1c(=O)n([C@H]1C[C@@H]1C)c(=O)n2CCCC(F)(F)F. The van der Waals surface area contributed by atoms with Gasteiger partial charge >= 0.3 is 11.9 Å². The van der Waals surface area contributed by atoms with Gasteiger partial charge in [-0.2, -0.15) is 13.2 Å². The largest absolute Gasteiger partial charge is 0.389 e. The second-order valence-corrected chi connectivity index (χ2v) is 10.3. The second-order valence-electron chi connectivity index (χ2n) is 9.17. The van der Waals surface area contributed by atoms with E-state index in [1.165, 1.54) is 20.5 Å². The second kappa shape index (κ2) is 8.12. The molecule has 2 aromatic heterocycles. The lowest BCUT2D eigenvalue weighted by Gasteiger charge is -2.20. The molecule has 2 heterocycles. The zero-order valence-electron chi connectivity index (χ0n) is 17.9.